The van der Waals surface area contributed by atoms with E-state index in [0.29, 0.717) is 57.0 Å². The van der Waals surface area contributed by atoms with Gasteiger partial charge in [-0.3, -0.25) is 14.4 Å². The average molecular weight is 390 g/mol. The maximum Gasteiger partial charge on any atom is 0.309 e. The molecular weight excluding hydrogens is 360 g/mol. The molecule has 0 saturated carbocycles. The molecule has 1 unspecified atom stereocenters. The number of hydrogen-bond acceptors (Lipinski definition) is 5. The first-order chi connectivity index (χ1) is 13.4. The largest absolute Gasteiger partial charge is 0.466 e. The van der Waals surface area contributed by atoms with Crippen LogP contribution in [0.2, 0.25) is 0 Å². The first-order valence-electron chi connectivity index (χ1n) is 10.2. The lowest BCUT2D eigenvalue weighted by molar-refractivity contribution is -0.152. The number of furan rings is 1. The van der Waals surface area contributed by atoms with Crippen LogP contribution in [-0.4, -0.2) is 60.4 Å². The number of carbonyl (C=O) groups excluding carboxylic acids is 3. The quantitative estimate of drug-likeness (QED) is 0.738. The van der Waals surface area contributed by atoms with Gasteiger partial charge in [0.2, 0.25) is 5.91 Å². The summed E-state index contributed by atoms with van der Waals surface area (Å²) < 4.78 is 10.6. The fourth-order valence-electron chi connectivity index (χ4n) is 4.23. The third-order valence-corrected chi connectivity index (χ3v) is 5.76. The number of hydrogen-bond donors (Lipinski definition) is 0. The molecule has 2 aliphatic rings. The van der Waals surface area contributed by atoms with E-state index < -0.39 is 0 Å². The standard InChI is InChI=1S/C21H30N2O5/c1-4-27-21(26)16-7-10-22(11-8-16)19(24)17-6-5-9-23(13-17)20(25)18-12-14(2)28-15(18)3/h12,16-17H,4-11,13H2,1-3H3. The van der Waals surface area contributed by atoms with Crippen molar-refractivity contribution in [3.05, 3.63) is 23.2 Å². The van der Waals surface area contributed by atoms with Crippen molar-refractivity contribution in [1.82, 2.24) is 9.80 Å². The van der Waals surface area contributed by atoms with E-state index in [0.717, 1.165) is 18.6 Å². The summed E-state index contributed by atoms with van der Waals surface area (Å²) in [4.78, 5) is 41.3. The minimum Gasteiger partial charge on any atom is -0.466 e. The fourth-order valence-corrected chi connectivity index (χ4v) is 4.23. The zero-order chi connectivity index (χ0) is 20.3. The molecule has 2 amide bonds. The molecule has 0 N–H and O–H groups in total. The first-order valence-corrected chi connectivity index (χ1v) is 10.2. The number of nitrogens with zero attached hydrogens (tertiary/aromatic N) is 2. The lowest BCUT2D eigenvalue weighted by atomic mass is 9.92. The molecule has 0 bridgehead atoms. The van der Waals surface area contributed by atoms with Gasteiger partial charge < -0.3 is 19.0 Å². The van der Waals surface area contributed by atoms with Crippen LogP contribution in [0.25, 0.3) is 0 Å². The van der Waals surface area contributed by atoms with Gasteiger partial charge in [-0.25, -0.2) is 0 Å². The van der Waals surface area contributed by atoms with E-state index in [2.05, 4.69) is 0 Å². The first kappa shape index (κ1) is 20.4. The molecule has 2 fully saturated rings. The van der Waals surface area contributed by atoms with Crippen LogP contribution in [0.1, 0.15) is 54.5 Å². The van der Waals surface area contributed by atoms with Crippen LogP contribution in [0, 0.1) is 25.7 Å². The van der Waals surface area contributed by atoms with Gasteiger partial charge in [-0.2, -0.15) is 0 Å². The second-order valence-electron chi connectivity index (χ2n) is 7.77. The van der Waals surface area contributed by atoms with Crippen molar-refractivity contribution in [3.63, 3.8) is 0 Å². The van der Waals surface area contributed by atoms with Crippen molar-refractivity contribution in [1.29, 1.82) is 0 Å². The monoisotopic (exact) mass is 390 g/mol. The van der Waals surface area contributed by atoms with Gasteiger partial charge in [-0.1, -0.05) is 0 Å². The Bertz CT molecular complexity index is 733. The van der Waals surface area contributed by atoms with Gasteiger partial charge in [0.25, 0.3) is 5.91 Å². The zero-order valence-electron chi connectivity index (χ0n) is 17.0. The van der Waals surface area contributed by atoms with E-state index in [-0.39, 0.29) is 29.6 Å². The number of aryl methyl sites for hydroxylation is 2. The Hall–Kier alpha value is -2.31. The molecule has 1 aromatic rings. The van der Waals surface area contributed by atoms with Gasteiger partial charge in [-0.05, 0) is 52.5 Å². The summed E-state index contributed by atoms with van der Waals surface area (Å²) in [6.45, 7) is 8.07. The maximum atomic E-state index is 13.0. The van der Waals surface area contributed by atoms with Crippen LogP contribution in [0.4, 0.5) is 0 Å². The zero-order valence-corrected chi connectivity index (χ0v) is 17.0. The number of amides is 2. The third-order valence-electron chi connectivity index (χ3n) is 5.76. The van der Waals surface area contributed by atoms with Crippen LogP contribution in [0.5, 0.6) is 0 Å². The lowest BCUT2D eigenvalue weighted by Crippen LogP contribution is -2.49. The van der Waals surface area contributed by atoms with Crippen LogP contribution in [-0.2, 0) is 14.3 Å². The molecule has 2 saturated heterocycles. The van der Waals surface area contributed by atoms with Gasteiger partial charge in [0.05, 0.1) is 24.0 Å². The second-order valence-corrected chi connectivity index (χ2v) is 7.77. The van der Waals surface area contributed by atoms with E-state index in [1.54, 1.807) is 24.8 Å². The van der Waals surface area contributed by atoms with Gasteiger partial charge in [-0.15, -0.1) is 0 Å². The van der Waals surface area contributed by atoms with Crippen LogP contribution < -0.4 is 0 Å². The molecular formula is C21H30N2O5. The highest BCUT2D eigenvalue weighted by molar-refractivity contribution is 5.95. The number of esters is 1. The van der Waals surface area contributed by atoms with E-state index in [1.807, 2.05) is 11.8 Å². The molecule has 7 heteroatoms. The van der Waals surface area contributed by atoms with Crippen molar-refractivity contribution < 1.29 is 23.5 Å². The summed E-state index contributed by atoms with van der Waals surface area (Å²) >= 11 is 0. The summed E-state index contributed by atoms with van der Waals surface area (Å²) in [6, 6.07) is 1.77. The molecule has 7 nitrogen and oxygen atoms in total. The van der Waals surface area contributed by atoms with Crippen molar-refractivity contribution in [3.8, 4) is 0 Å². The third kappa shape index (κ3) is 4.39. The Morgan fingerprint density at radius 1 is 1.07 bits per heavy atom. The number of rotatable bonds is 4. The van der Waals surface area contributed by atoms with Crippen molar-refractivity contribution in [2.75, 3.05) is 32.8 Å². The van der Waals surface area contributed by atoms with Crippen LogP contribution >= 0.6 is 0 Å². The van der Waals surface area contributed by atoms with Crippen molar-refractivity contribution in [2.24, 2.45) is 11.8 Å². The van der Waals surface area contributed by atoms with E-state index >= 15 is 0 Å². The highest BCUT2D eigenvalue weighted by atomic mass is 16.5. The average Bonchev–Trinajstić information content (AvgIpc) is 3.05. The fraction of sp³-hybridized carbons (Fsp3) is 0.667. The SMILES string of the molecule is CCOC(=O)C1CCN(C(=O)C2CCCN(C(=O)c3cc(C)oc3C)C2)CC1. The molecule has 0 radical (unpaired) electrons. The second kappa shape index (κ2) is 8.80. The summed E-state index contributed by atoms with van der Waals surface area (Å²) in [5, 5.41) is 0. The topological polar surface area (TPSA) is 80.1 Å². The Balaban J connectivity index is 1.57. The highest BCUT2D eigenvalue weighted by Gasteiger charge is 2.35. The van der Waals surface area contributed by atoms with Gasteiger partial charge >= 0.3 is 5.97 Å². The Kier molecular flexibility index (Phi) is 6.42. The smallest absolute Gasteiger partial charge is 0.309 e. The minimum atomic E-state index is -0.176. The molecule has 0 aliphatic carbocycles. The minimum absolute atomic E-state index is 0.0622. The Morgan fingerprint density at radius 2 is 1.79 bits per heavy atom. The normalized spacial score (nSPS) is 20.9. The summed E-state index contributed by atoms with van der Waals surface area (Å²) in [5.41, 5.74) is 0.584. The predicted octanol–water partition coefficient (Wildman–Crippen LogP) is 2.55. The number of carbonyl (C=O) groups is 3. The molecule has 2 aliphatic heterocycles. The summed E-state index contributed by atoms with van der Waals surface area (Å²) in [5.74, 6) is 0.931. The number of ether oxygens (including phenoxy) is 1. The van der Waals surface area contributed by atoms with Gasteiger partial charge in [0.15, 0.2) is 0 Å². The molecule has 3 rings (SSSR count). The molecule has 0 aromatic carbocycles. The van der Waals surface area contributed by atoms with E-state index in [9.17, 15) is 14.4 Å². The number of likely N-dealkylation sites (tertiary alicyclic amines) is 2. The molecule has 3 heterocycles. The Labute approximate surface area is 166 Å². The van der Waals surface area contributed by atoms with Crippen LogP contribution in [0.15, 0.2) is 10.5 Å². The van der Waals surface area contributed by atoms with Gasteiger partial charge in [0, 0.05) is 26.2 Å². The molecule has 154 valence electrons. The highest BCUT2D eigenvalue weighted by Crippen LogP contribution is 2.25. The van der Waals surface area contributed by atoms with Crippen molar-refractivity contribution in [2.45, 2.75) is 46.5 Å². The number of piperidine rings is 2. The lowest BCUT2D eigenvalue weighted by Gasteiger charge is -2.37. The summed E-state index contributed by atoms with van der Waals surface area (Å²) in [6.07, 6.45) is 2.90. The van der Waals surface area contributed by atoms with E-state index in [4.69, 9.17) is 9.15 Å². The molecule has 1 atom stereocenters. The van der Waals surface area contributed by atoms with Crippen LogP contribution in [0.3, 0.4) is 0 Å². The predicted molar refractivity (Wildman–Crippen MR) is 103 cm³/mol. The van der Waals surface area contributed by atoms with Crippen molar-refractivity contribution >= 4 is 17.8 Å². The molecule has 28 heavy (non-hydrogen) atoms. The maximum absolute atomic E-state index is 13.0. The summed E-state index contributed by atoms with van der Waals surface area (Å²) in [7, 11) is 0. The molecule has 1 aromatic heterocycles. The molecule has 0 spiro atoms. The Morgan fingerprint density at radius 3 is 2.39 bits per heavy atom. The van der Waals surface area contributed by atoms with E-state index in [1.165, 1.54) is 0 Å². The van der Waals surface area contributed by atoms with Gasteiger partial charge in [0.1, 0.15) is 11.5 Å².